The third-order valence-corrected chi connectivity index (χ3v) is 10.8. The first kappa shape index (κ1) is 31.4. The maximum atomic E-state index is 5.59. The molecule has 1 saturated heterocycles. The van der Waals surface area contributed by atoms with Gasteiger partial charge in [0, 0.05) is 0 Å². The van der Waals surface area contributed by atoms with Crippen molar-refractivity contribution in [1.29, 1.82) is 0 Å². The molecule has 0 radical (unpaired) electrons. The predicted octanol–water partition coefficient (Wildman–Crippen LogP) is 9.74. The molecule has 8 atom stereocenters. The zero-order valence-corrected chi connectivity index (χ0v) is 28.1. The standard InChI is InChI=1S/C34H52N4.Pt/c1-9-21-23(11-3)31-17-33-25(13-5)26(14-6)34(38-33)18-32-24(12-4)22(10-2)30(37-32)16-28-20(8)19(7)27(35-28)15-29(21)36-31;/h27-34H,9-18H2,1-8H3;/q-4;+4. The summed E-state index contributed by atoms with van der Waals surface area (Å²) in [7, 11) is 0. The molecule has 0 aromatic heterocycles. The molecule has 218 valence electrons. The van der Waals surface area contributed by atoms with E-state index in [9.17, 15) is 0 Å². The summed E-state index contributed by atoms with van der Waals surface area (Å²) in [5.41, 5.74) is 12.7. The van der Waals surface area contributed by atoms with Gasteiger partial charge in [-0.15, -0.1) is 48.3 Å². The fraction of sp³-hybridized carbons (Fsp3) is 0.765. The number of hydrogen-bond donors (Lipinski definition) is 0. The zero-order valence-electron chi connectivity index (χ0n) is 25.8. The van der Waals surface area contributed by atoms with Crippen LogP contribution in [-0.4, -0.2) is 48.3 Å². The van der Waals surface area contributed by atoms with Gasteiger partial charge in [-0.1, -0.05) is 112 Å². The van der Waals surface area contributed by atoms with Gasteiger partial charge in [0.1, 0.15) is 0 Å². The van der Waals surface area contributed by atoms with Crippen molar-refractivity contribution in [1.82, 2.24) is 0 Å². The Morgan fingerprint density at radius 3 is 0.769 bits per heavy atom. The summed E-state index contributed by atoms with van der Waals surface area (Å²) < 4.78 is 0. The van der Waals surface area contributed by atoms with Crippen LogP contribution in [0.2, 0.25) is 0 Å². The van der Waals surface area contributed by atoms with E-state index in [1.807, 2.05) is 0 Å². The summed E-state index contributed by atoms with van der Waals surface area (Å²) in [6, 6.07) is 2.52. The Morgan fingerprint density at radius 1 is 0.385 bits per heavy atom. The third-order valence-electron chi connectivity index (χ3n) is 10.8. The van der Waals surface area contributed by atoms with Gasteiger partial charge in [-0.3, -0.25) is 0 Å². The molecule has 8 bridgehead atoms. The first-order chi connectivity index (χ1) is 18.4. The quantitative estimate of drug-likeness (QED) is 0.247. The summed E-state index contributed by atoms with van der Waals surface area (Å²) in [5, 5.41) is 22.2. The Morgan fingerprint density at radius 2 is 0.564 bits per heavy atom. The van der Waals surface area contributed by atoms with Crippen molar-refractivity contribution in [3.8, 4) is 0 Å². The summed E-state index contributed by atoms with van der Waals surface area (Å²) in [6.07, 6.45) is 10.9. The number of fused-ring (bicyclic) bond motifs is 8. The molecule has 0 saturated carbocycles. The summed E-state index contributed by atoms with van der Waals surface area (Å²) in [6.45, 7) is 18.7. The van der Waals surface area contributed by atoms with E-state index in [0.717, 1.165) is 64.2 Å². The molecule has 0 aromatic rings. The molecule has 8 unspecified atom stereocenters. The van der Waals surface area contributed by atoms with E-state index in [2.05, 4.69) is 55.4 Å². The molecular formula is C34H52N4Pt. The van der Waals surface area contributed by atoms with Gasteiger partial charge in [0.2, 0.25) is 0 Å². The van der Waals surface area contributed by atoms with E-state index in [4.69, 9.17) is 21.3 Å². The summed E-state index contributed by atoms with van der Waals surface area (Å²) >= 11 is 0. The van der Waals surface area contributed by atoms with Crippen molar-refractivity contribution in [2.75, 3.05) is 0 Å². The van der Waals surface area contributed by atoms with E-state index in [1.54, 1.807) is 33.4 Å². The molecule has 0 aliphatic carbocycles. The molecule has 5 aliphatic rings. The second kappa shape index (κ2) is 13.2. The fourth-order valence-corrected chi connectivity index (χ4v) is 8.76. The topological polar surface area (TPSA) is 56.4 Å². The van der Waals surface area contributed by atoms with Crippen LogP contribution in [0.4, 0.5) is 0 Å². The van der Waals surface area contributed by atoms with Crippen LogP contribution in [0.1, 0.15) is 120 Å². The van der Waals surface area contributed by atoms with Crippen LogP contribution in [0.5, 0.6) is 0 Å². The van der Waals surface area contributed by atoms with Crippen LogP contribution in [0.25, 0.3) is 21.3 Å². The largest absolute Gasteiger partial charge is 4.00 e. The minimum Gasteiger partial charge on any atom is -0.650 e. The molecule has 5 aliphatic heterocycles. The maximum absolute atomic E-state index is 5.59. The first-order valence-corrected chi connectivity index (χ1v) is 16.0. The number of hydrogen-bond acceptors (Lipinski definition) is 0. The fourth-order valence-electron chi connectivity index (χ4n) is 8.76. The van der Waals surface area contributed by atoms with E-state index in [1.165, 1.54) is 11.1 Å². The first-order valence-electron chi connectivity index (χ1n) is 16.0. The Labute approximate surface area is 254 Å². The van der Waals surface area contributed by atoms with Crippen LogP contribution in [0.3, 0.4) is 0 Å². The molecule has 0 amide bonds. The molecular weight excluding hydrogens is 659 g/mol. The molecule has 4 nitrogen and oxygen atoms in total. The molecule has 0 aromatic carbocycles. The number of rotatable bonds is 6. The van der Waals surface area contributed by atoms with Gasteiger partial charge in [-0.25, -0.2) is 0 Å². The van der Waals surface area contributed by atoms with Crippen LogP contribution in [-0.2, 0) is 21.1 Å². The minimum atomic E-state index is 0. The molecule has 39 heavy (non-hydrogen) atoms. The summed E-state index contributed by atoms with van der Waals surface area (Å²) in [4.78, 5) is 0. The van der Waals surface area contributed by atoms with Crippen molar-refractivity contribution in [2.45, 2.75) is 168 Å². The Balaban J connectivity index is 0.00000353. The molecule has 5 heteroatoms. The van der Waals surface area contributed by atoms with Gasteiger partial charge in [-0.05, 0) is 52.4 Å². The van der Waals surface area contributed by atoms with E-state index >= 15 is 0 Å². The predicted molar refractivity (Wildman–Crippen MR) is 163 cm³/mol. The average molecular weight is 712 g/mol. The van der Waals surface area contributed by atoms with Gasteiger partial charge in [-0.2, -0.15) is 0 Å². The zero-order chi connectivity index (χ0) is 27.1. The molecule has 5 rings (SSSR count). The third kappa shape index (κ3) is 5.64. The smallest absolute Gasteiger partial charge is 0.650 e. The van der Waals surface area contributed by atoms with E-state index in [-0.39, 0.29) is 21.1 Å². The number of nitrogens with zero attached hydrogens (tertiary/aromatic N) is 4. The Hall–Kier alpha value is -0.512. The van der Waals surface area contributed by atoms with Crippen molar-refractivity contribution >= 4 is 0 Å². The van der Waals surface area contributed by atoms with Gasteiger partial charge >= 0.3 is 21.1 Å². The van der Waals surface area contributed by atoms with E-state index in [0.29, 0.717) is 48.3 Å². The second-order valence-electron chi connectivity index (χ2n) is 12.3. The second-order valence-corrected chi connectivity index (χ2v) is 12.3. The van der Waals surface area contributed by atoms with Gasteiger partial charge in [0.25, 0.3) is 0 Å². The molecule has 0 N–H and O–H groups in total. The van der Waals surface area contributed by atoms with Crippen LogP contribution in [0, 0.1) is 0 Å². The van der Waals surface area contributed by atoms with Gasteiger partial charge in [0.05, 0.1) is 0 Å². The molecule has 0 spiro atoms. The maximum Gasteiger partial charge on any atom is 4.00 e. The van der Waals surface area contributed by atoms with Gasteiger partial charge in [0.15, 0.2) is 0 Å². The molecule has 1 fully saturated rings. The van der Waals surface area contributed by atoms with Crippen molar-refractivity contribution < 1.29 is 21.1 Å². The van der Waals surface area contributed by atoms with Crippen LogP contribution >= 0.6 is 0 Å². The Bertz CT molecular complexity index is 958. The summed E-state index contributed by atoms with van der Waals surface area (Å²) in [5.74, 6) is 0. The SMILES string of the molecule is CCC1=C(CC)C2CC3[N-]C(CC4[N-]C(CC5[N-]C(CC1[N-]2)C(C)=C5C)C(CC)=C4CC)C(CC)=C3CC.[Pt+4]. The van der Waals surface area contributed by atoms with Gasteiger partial charge < -0.3 is 21.3 Å². The Kier molecular flexibility index (Phi) is 10.6. The monoisotopic (exact) mass is 711 g/mol. The normalized spacial score (nSPS) is 36.9. The molecule has 5 heterocycles. The van der Waals surface area contributed by atoms with E-state index < -0.39 is 0 Å². The van der Waals surface area contributed by atoms with Crippen molar-refractivity contribution in [2.24, 2.45) is 0 Å². The van der Waals surface area contributed by atoms with Crippen LogP contribution < -0.4 is 0 Å². The van der Waals surface area contributed by atoms with Crippen LogP contribution in [0.15, 0.2) is 44.6 Å². The average Bonchev–Trinajstić information content (AvgIpc) is 3.61. The minimum absolute atomic E-state index is 0. The van der Waals surface area contributed by atoms with Crippen molar-refractivity contribution in [3.05, 3.63) is 65.9 Å². The van der Waals surface area contributed by atoms with Crippen molar-refractivity contribution in [3.63, 3.8) is 0 Å².